The quantitative estimate of drug-likeness (QED) is 0.785. The highest BCUT2D eigenvalue weighted by atomic mass is 32.2. The molecule has 0 heterocycles. The second-order valence-corrected chi connectivity index (χ2v) is 5.77. The van der Waals surface area contributed by atoms with Gasteiger partial charge in [-0.05, 0) is 25.0 Å². The van der Waals surface area contributed by atoms with E-state index in [1.54, 1.807) is 0 Å². The van der Waals surface area contributed by atoms with Crippen LogP contribution in [-0.4, -0.2) is 17.7 Å². The fraction of sp³-hybridized carbons (Fsp3) is 0.500. The Morgan fingerprint density at radius 1 is 1.41 bits per heavy atom. The molecular formula is C14H19NOS. The maximum absolute atomic E-state index is 11.8. The SMILES string of the molecule is CCCCNC(=O)[C@H]1C[C@@H]1Sc1ccccc1. The third-order valence-electron chi connectivity index (χ3n) is 2.93. The summed E-state index contributed by atoms with van der Waals surface area (Å²) >= 11 is 1.82. The van der Waals surface area contributed by atoms with Gasteiger partial charge in [0.25, 0.3) is 0 Å². The molecule has 3 heteroatoms. The van der Waals surface area contributed by atoms with Gasteiger partial charge in [0, 0.05) is 16.7 Å². The van der Waals surface area contributed by atoms with Gasteiger partial charge in [0.2, 0.25) is 5.91 Å². The Morgan fingerprint density at radius 3 is 2.88 bits per heavy atom. The van der Waals surface area contributed by atoms with Crippen molar-refractivity contribution in [2.75, 3.05) is 6.54 Å². The number of thioether (sulfide) groups is 1. The zero-order valence-corrected chi connectivity index (χ0v) is 11.0. The van der Waals surface area contributed by atoms with Crippen molar-refractivity contribution in [2.24, 2.45) is 5.92 Å². The number of hydrogen-bond donors (Lipinski definition) is 1. The van der Waals surface area contributed by atoms with Crippen molar-refractivity contribution < 1.29 is 4.79 Å². The molecular weight excluding hydrogens is 230 g/mol. The van der Waals surface area contributed by atoms with Crippen molar-refractivity contribution in [3.63, 3.8) is 0 Å². The Morgan fingerprint density at radius 2 is 2.18 bits per heavy atom. The normalized spacial score (nSPS) is 22.2. The van der Waals surface area contributed by atoms with Gasteiger partial charge in [-0.2, -0.15) is 0 Å². The summed E-state index contributed by atoms with van der Waals surface area (Å²) in [6.45, 7) is 2.96. The van der Waals surface area contributed by atoms with Crippen LogP contribution < -0.4 is 5.32 Å². The molecule has 92 valence electrons. The van der Waals surface area contributed by atoms with Gasteiger partial charge in [-0.15, -0.1) is 11.8 Å². The number of carbonyl (C=O) groups excluding carboxylic acids is 1. The van der Waals surface area contributed by atoms with E-state index in [-0.39, 0.29) is 11.8 Å². The van der Waals surface area contributed by atoms with Crippen LogP contribution in [0.5, 0.6) is 0 Å². The summed E-state index contributed by atoms with van der Waals surface area (Å²) < 4.78 is 0. The van der Waals surface area contributed by atoms with Gasteiger partial charge in [-0.3, -0.25) is 4.79 Å². The van der Waals surface area contributed by atoms with Crippen molar-refractivity contribution in [1.82, 2.24) is 5.32 Å². The van der Waals surface area contributed by atoms with Gasteiger partial charge >= 0.3 is 0 Å². The minimum atomic E-state index is 0.233. The molecule has 2 atom stereocenters. The van der Waals surface area contributed by atoms with E-state index in [1.807, 2.05) is 30.0 Å². The summed E-state index contributed by atoms with van der Waals surface area (Å²) in [5.41, 5.74) is 0. The molecule has 1 amide bonds. The van der Waals surface area contributed by atoms with Crippen molar-refractivity contribution in [2.45, 2.75) is 36.3 Å². The minimum absolute atomic E-state index is 0.233. The van der Waals surface area contributed by atoms with E-state index in [2.05, 4.69) is 24.4 Å². The molecule has 1 aliphatic carbocycles. The molecule has 0 spiro atoms. The van der Waals surface area contributed by atoms with Crippen LogP contribution in [0.2, 0.25) is 0 Å². The molecule has 0 unspecified atom stereocenters. The first-order chi connectivity index (χ1) is 8.31. The highest BCUT2D eigenvalue weighted by Crippen LogP contribution is 2.45. The van der Waals surface area contributed by atoms with Gasteiger partial charge in [0.15, 0.2) is 0 Å². The van der Waals surface area contributed by atoms with Crippen molar-refractivity contribution in [1.29, 1.82) is 0 Å². The zero-order valence-electron chi connectivity index (χ0n) is 10.2. The highest BCUT2D eigenvalue weighted by Gasteiger charge is 2.43. The lowest BCUT2D eigenvalue weighted by Crippen LogP contribution is -2.26. The Kier molecular flexibility index (Phi) is 4.49. The van der Waals surface area contributed by atoms with Crippen LogP contribution in [-0.2, 0) is 4.79 Å². The lowest BCUT2D eigenvalue weighted by Gasteiger charge is -2.03. The Bertz CT molecular complexity index is 366. The van der Waals surface area contributed by atoms with Crippen LogP contribution in [0.4, 0.5) is 0 Å². The largest absolute Gasteiger partial charge is 0.356 e. The number of carbonyl (C=O) groups is 1. The zero-order chi connectivity index (χ0) is 12.1. The molecule has 0 radical (unpaired) electrons. The smallest absolute Gasteiger partial charge is 0.224 e. The van der Waals surface area contributed by atoms with Crippen LogP contribution in [0.15, 0.2) is 35.2 Å². The first-order valence-corrected chi connectivity index (χ1v) is 7.18. The lowest BCUT2D eigenvalue weighted by atomic mass is 10.3. The number of amides is 1. The number of unbranched alkanes of at least 4 members (excludes halogenated alkanes) is 1. The average Bonchev–Trinajstić information content (AvgIpc) is 3.10. The van der Waals surface area contributed by atoms with Crippen LogP contribution in [0, 0.1) is 5.92 Å². The van der Waals surface area contributed by atoms with Crippen LogP contribution in [0.3, 0.4) is 0 Å². The first-order valence-electron chi connectivity index (χ1n) is 6.30. The molecule has 1 aliphatic rings. The summed E-state index contributed by atoms with van der Waals surface area (Å²) in [6.07, 6.45) is 3.24. The lowest BCUT2D eigenvalue weighted by molar-refractivity contribution is -0.122. The third-order valence-corrected chi connectivity index (χ3v) is 4.30. The van der Waals surface area contributed by atoms with Crippen LogP contribution >= 0.6 is 11.8 Å². The number of rotatable bonds is 6. The number of benzene rings is 1. The van der Waals surface area contributed by atoms with E-state index >= 15 is 0 Å². The van der Waals surface area contributed by atoms with E-state index in [1.165, 1.54) is 4.90 Å². The molecule has 2 nitrogen and oxygen atoms in total. The molecule has 1 fully saturated rings. The minimum Gasteiger partial charge on any atom is -0.356 e. The Hall–Kier alpha value is -0.960. The molecule has 1 aromatic rings. The topological polar surface area (TPSA) is 29.1 Å². The highest BCUT2D eigenvalue weighted by molar-refractivity contribution is 8.00. The molecule has 1 saturated carbocycles. The summed E-state index contributed by atoms with van der Waals surface area (Å²) in [4.78, 5) is 13.0. The van der Waals surface area contributed by atoms with Gasteiger partial charge in [0.1, 0.15) is 0 Å². The second-order valence-electron chi connectivity index (χ2n) is 4.46. The molecule has 1 N–H and O–H groups in total. The molecule has 0 aliphatic heterocycles. The molecule has 0 saturated heterocycles. The second kappa shape index (κ2) is 6.10. The van der Waals surface area contributed by atoms with Gasteiger partial charge in [-0.25, -0.2) is 0 Å². The van der Waals surface area contributed by atoms with Gasteiger partial charge in [-0.1, -0.05) is 31.5 Å². The third kappa shape index (κ3) is 3.77. The average molecular weight is 249 g/mol. The van der Waals surface area contributed by atoms with Crippen LogP contribution in [0.1, 0.15) is 26.2 Å². The number of hydrogen-bond acceptors (Lipinski definition) is 2. The molecule has 1 aromatic carbocycles. The van der Waals surface area contributed by atoms with Gasteiger partial charge < -0.3 is 5.32 Å². The van der Waals surface area contributed by atoms with Crippen molar-refractivity contribution >= 4 is 17.7 Å². The van der Waals surface area contributed by atoms with E-state index in [0.717, 1.165) is 25.8 Å². The Labute approximate surface area is 107 Å². The molecule has 2 rings (SSSR count). The Balaban J connectivity index is 1.71. The van der Waals surface area contributed by atoms with E-state index in [0.29, 0.717) is 5.25 Å². The molecule has 0 bridgehead atoms. The van der Waals surface area contributed by atoms with E-state index in [9.17, 15) is 4.79 Å². The predicted molar refractivity (Wildman–Crippen MR) is 72.1 cm³/mol. The standard InChI is InChI=1S/C14H19NOS/c1-2-3-9-15-14(16)12-10-13(12)17-11-7-5-4-6-8-11/h4-8,12-13H,2-3,9-10H2,1H3,(H,15,16)/t12-,13-/m0/s1. The van der Waals surface area contributed by atoms with Crippen LogP contribution in [0.25, 0.3) is 0 Å². The fourth-order valence-electron chi connectivity index (χ4n) is 1.77. The van der Waals surface area contributed by atoms with Gasteiger partial charge in [0.05, 0.1) is 5.92 Å². The van der Waals surface area contributed by atoms with E-state index in [4.69, 9.17) is 0 Å². The summed E-state index contributed by atoms with van der Waals surface area (Å²) in [6, 6.07) is 10.3. The van der Waals surface area contributed by atoms with E-state index < -0.39 is 0 Å². The summed E-state index contributed by atoms with van der Waals surface area (Å²) in [7, 11) is 0. The summed E-state index contributed by atoms with van der Waals surface area (Å²) in [5.74, 6) is 0.476. The summed E-state index contributed by atoms with van der Waals surface area (Å²) in [5, 5.41) is 3.49. The fourth-order valence-corrected chi connectivity index (χ4v) is 3.03. The maximum Gasteiger partial charge on any atom is 0.224 e. The maximum atomic E-state index is 11.8. The first kappa shape index (κ1) is 12.5. The molecule has 17 heavy (non-hydrogen) atoms. The van der Waals surface area contributed by atoms with Crippen molar-refractivity contribution in [3.8, 4) is 0 Å². The number of nitrogens with one attached hydrogen (secondary N) is 1. The van der Waals surface area contributed by atoms with Crippen molar-refractivity contribution in [3.05, 3.63) is 30.3 Å². The molecule has 0 aromatic heterocycles. The predicted octanol–water partition coefficient (Wildman–Crippen LogP) is 3.08. The monoisotopic (exact) mass is 249 g/mol.